The Hall–Kier alpha value is -1.53. The number of hydrogen-bond acceptors (Lipinski definition) is 13. The number of nitrogens with one attached hydrogen (secondary N) is 1. The van der Waals surface area contributed by atoms with Gasteiger partial charge in [0.2, 0.25) is 5.91 Å². The molecule has 81 heavy (non-hydrogen) atoms. The summed E-state index contributed by atoms with van der Waals surface area (Å²) in [5, 5.41) is 87.3. The molecule has 1 amide bonds. The maximum Gasteiger partial charge on any atom is 0.220 e. The van der Waals surface area contributed by atoms with Crippen molar-refractivity contribution in [2.75, 3.05) is 19.8 Å². The SMILES string of the molecule is CCCCCCCCCCCCCCCCCCCCCC/C=C/CC/C=C/C(O)C(COC1OC(CO)C(OC2OC(CO)C(O)C(O)C2O)C(O)C1O)NC(=O)CCCCCCCCCCCCCCCCCCCCCCC. The zero-order chi connectivity index (χ0) is 58.8. The van der Waals surface area contributed by atoms with E-state index in [1.807, 2.05) is 6.08 Å². The van der Waals surface area contributed by atoms with Gasteiger partial charge in [0, 0.05) is 6.42 Å². The second-order valence-corrected chi connectivity index (χ2v) is 24.3. The van der Waals surface area contributed by atoms with Crippen LogP contribution in [0.3, 0.4) is 0 Å². The van der Waals surface area contributed by atoms with Crippen LogP contribution in [0.5, 0.6) is 0 Å². The van der Waals surface area contributed by atoms with Crippen molar-refractivity contribution in [2.45, 2.75) is 376 Å². The molecular formula is C67H127NO13. The molecule has 2 heterocycles. The van der Waals surface area contributed by atoms with E-state index in [1.165, 1.54) is 238 Å². The van der Waals surface area contributed by atoms with Crippen LogP contribution in [0, 0.1) is 0 Å². The third-order valence-corrected chi connectivity index (χ3v) is 16.9. The van der Waals surface area contributed by atoms with Gasteiger partial charge in [-0.25, -0.2) is 0 Å². The smallest absolute Gasteiger partial charge is 0.220 e. The van der Waals surface area contributed by atoms with Gasteiger partial charge in [0.15, 0.2) is 12.6 Å². The Balaban J connectivity index is 1.71. The number of allylic oxidation sites excluding steroid dienone is 3. The lowest BCUT2D eigenvalue weighted by molar-refractivity contribution is -0.359. The number of aliphatic hydroxyl groups is 8. The molecule has 14 heteroatoms. The fraction of sp³-hybridized carbons (Fsp3) is 0.925. The van der Waals surface area contributed by atoms with Crippen molar-refractivity contribution in [1.29, 1.82) is 0 Å². The first-order chi connectivity index (χ1) is 39.6. The molecule has 2 fully saturated rings. The third kappa shape index (κ3) is 37.6. The van der Waals surface area contributed by atoms with Crippen molar-refractivity contribution in [3.05, 3.63) is 24.3 Å². The molecular weight excluding hydrogens is 1030 g/mol. The third-order valence-electron chi connectivity index (χ3n) is 16.9. The van der Waals surface area contributed by atoms with Crippen LogP contribution < -0.4 is 5.32 Å². The molecule has 12 atom stereocenters. The average Bonchev–Trinajstić information content (AvgIpc) is 3.48. The van der Waals surface area contributed by atoms with Gasteiger partial charge in [0.25, 0.3) is 0 Å². The lowest BCUT2D eigenvalue weighted by Gasteiger charge is -2.46. The minimum atomic E-state index is -1.79. The Kier molecular flexibility index (Phi) is 49.2. The number of aliphatic hydroxyl groups excluding tert-OH is 8. The summed E-state index contributed by atoms with van der Waals surface area (Å²) in [4.78, 5) is 13.3. The lowest BCUT2D eigenvalue weighted by atomic mass is 9.97. The number of carbonyl (C=O) groups excluding carboxylic acids is 1. The van der Waals surface area contributed by atoms with Crippen molar-refractivity contribution in [3.8, 4) is 0 Å². The molecule has 2 saturated heterocycles. The molecule has 478 valence electrons. The maximum atomic E-state index is 13.3. The van der Waals surface area contributed by atoms with Crippen molar-refractivity contribution in [1.82, 2.24) is 5.32 Å². The summed E-state index contributed by atoms with van der Waals surface area (Å²) in [5.74, 6) is -0.242. The molecule has 0 spiro atoms. The fourth-order valence-corrected chi connectivity index (χ4v) is 11.4. The molecule has 0 aliphatic carbocycles. The van der Waals surface area contributed by atoms with Gasteiger partial charge in [-0.1, -0.05) is 289 Å². The maximum absolute atomic E-state index is 13.3. The average molecular weight is 1150 g/mol. The first-order valence-electron chi connectivity index (χ1n) is 34.1. The van der Waals surface area contributed by atoms with Crippen LogP contribution in [0.1, 0.15) is 303 Å². The van der Waals surface area contributed by atoms with Crippen molar-refractivity contribution < 1.29 is 64.6 Å². The summed E-state index contributed by atoms with van der Waals surface area (Å²) >= 11 is 0. The predicted octanol–water partition coefficient (Wildman–Crippen LogP) is 13.2. The van der Waals surface area contributed by atoms with E-state index in [4.69, 9.17) is 18.9 Å². The lowest BCUT2D eigenvalue weighted by Crippen LogP contribution is -2.65. The first kappa shape index (κ1) is 75.6. The molecule has 0 aromatic heterocycles. The number of unbranched alkanes of at least 4 members (excludes halogenated alkanes) is 41. The highest BCUT2D eigenvalue weighted by molar-refractivity contribution is 5.76. The Morgan fingerprint density at radius 2 is 0.790 bits per heavy atom. The molecule has 0 aromatic carbocycles. The van der Waals surface area contributed by atoms with E-state index >= 15 is 0 Å². The first-order valence-corrected chi connectivity index (χ1v) is 34.1. The van der Waals surface area contributed by atoms with Gasteiger partial charge < -0.3 is 65.1 Å². The van der Waals surface area contributed by atoms with Crippen LogP contribution in [-0.2, 0) is 23.7 Å². The molecule has 0 radical (unpaired) electrons. The molecule has 14 nitrogen and oxygen atoms in total. The van der Waals surface area contributed by atoms with E-state index in [9.17, 15) is 45.6 Å². The number of rotatable bonds is 56. The summed E-state index contributed by atoms with van der Waals surface area (Å²) in [6.07, 6.45) is 48.0. The molecule has 0 bridgehead atoms. The van der Waals surface area contributed by atoms with Crippen LogP contribution in [-0.4, -0.2) is 140 Å². The van der Waals surface area contributed by atoms with Crippen LogP contribution in [0.15, 0.2) is 24.3 Å². The van der Waals surface area contributed by atoms with E-state index in [-0.39, 0.29) is 18.9 Å². The quantitative estimate of drug-likeness (QED) is 0.0204. The van der Waals surface area contributed by atoms with Gasteiger partial charge in [0.05, 0.1) is 32.0 Å². The van der Waals surface area contributed by atoms with E-state index < -0.39 is 86.8 Å². The number of ether oxygens (including phenoxy) is 4. The normalized spacial score (nSPS) is 24.2. The van der Waals surface area contributed by atoms with Gasteiger partial charge in [0.1, 0.15) is 48.8 Å². The van der Waals surface area contributed by atoms with Crippen molar-refractivity contribution >= 4 is 5.91 Å². The minimum Gasteiger partial charge on any atom is -0.394 e. The van der Waals surface area contributed by atoms with Gasteiger partial charge in [-0.3, -0.25) is 4.79 Å². The molecule has 9 N–H and O–H groups in total. The monoisotopic (exact) mass is 1150 g/mol. The zero-order valence-electron chi connectivity index (χ0n) is 51.8. The van der Waals surface area contributed by atoms with Gasteiger partial charge in [-0.15, -0.1) is 0 Å². The summed E-state index contributed by atoms with van der Waals surface area (Å²) in [6, 6.07) is -0.929. The second-order valence-electron chi connectivity index (χ2n) is 24.3. The Morgan fingerprint density at radius 1 is 0.432 bits per heavy atom. The minimum absolute atomic E-state index is 0.242. The number of carbonyl (C=O) groups is 1. The van der Waals surface area contributed by atoms with E-state index in [0.717, 1.165) is 32.1 Å². The predicted molar refractivity (Wildman–Crippen MR) is 328 cm³/mol. The van der Waals surface area contributed by atoms with Crippen LogP contribution >= 0.6 is 0 Å². The molecule has 0 aromatic rings. The van der Waals surface area contributed by atoms with Gasteiger partial charge in [-0.05, 0) is 32.1 Å². The molecule has 0 saturated carbocycles. The van der Waals surface area contributed by atoms with Crippen LogP contribution in [0.4, 0.5) is 0 Å². The summed E-state index contributed by atoms with van der Waals surface area (Å²) in [7, 11) is 0. The van der Waals surface area contributed by atoms with Gasteiger partial charge >= 0.3 is 0 Å². The van der Waals surface area contributed by atoms with E-state index in [1.54, 1.807) is 6.08 Å². The topological polar surface area (TPSA) is 228 Å². The summed E-state index contributed by atoms with van der Waals surface area (Å²) in [5.41, 5.74) is 0. The van der Waals surface area contributed by atoms with Crippen LogP contribution in [0.25, 0.3) is 0 Å². The van der Waals surface area contributed by atoms with E-state index in [2.05, 4.69) is 31.3 Å². The molecule has 2 rings (SSSR count). The Labute approximate surface area is 494 Å². The number of hydrogen-bond donors (Lipinski definition) is 9. The highest BCUT2D eigenvalue weighted by atomic mass is 16.7. The Bertz CT molecular complexity index is 1450. The highest BCUT2D eigenvalue weighted by Crippen LogP contribution is 2.30. The standard InChI is InChI=1S/C67H127NO13/c1-3-5-7-9-11-13-15-17-19-21-23-25-26-27-28-29-31-32-34-36-38-40-42-44-46-48-50-56(71)55(54-78-66-64(77)62(75)65(58(53-70)80-66)81-67-63(76)61(74)60(73)57(52-69)79-67)68-59(72)51-49-47-45-43-41-39-37-35-33-30-24-22-20-18-16-14-12-10-8-6-4-2/h40,42,48,50,55-58,60-67,69-71,73-77H,3-39,41,43-47,49,51-54H2,1-2H3,(H,68,72)/b42-40+,50-48+. The summed E-state index contributed by atoms with van der Waals surface area (Å²) in [6.45, 7) is 2.83. The Morgan fingerprint density at radius 3 is 1.21 bits per heavy atom. The summed E-state index contributed by atoms with van der Waals surface area (Å²) < 4.78 is 22.8. The van der Waals surface area contributed by atoms with Crippen molar-refractivity contribution in [2.24, 2.45) is 0 Å². The van der Waals surface area contributed by atoms with Crippen molar-refractivity contribution in [3.63, 3.8) is 0 Å². The fourth-order valence-electron chi connectivity index (χ4n) is 11.4. The molecule has 12 unspecified atom stereocenters. The van der Waals surface area contributed by atoms with Gasteiger partial charge in [-0.2, -0.15) is 0 Å². The number of amides is 1. The second kappa shape index (κ2) is 52.8. The van der Waals surface area contributed by atoms with Crippen LogP contribution in [0.2, 0.25) is 0 Å². The zero-order valence-corrected chi connectivity index (χ0v) is 51.8. The molecule has 2 aliphatic rings. The largest absolute Gasteiger partial charge is 0.394 e. The molecule has 2 aliphatic heterocycles. The highest BCUT2D eigenvalue weighted by Gasteiger charge is 2.51. The van der Waals surface area contributed by atoms with E-state index in [0.29, 0.717) is 12.8 Å².